The Morgan fingerprint density at radius 1 is 1.11 bits per heavy atom. The zero-order chi connectivity index (χ0) is 20.6. The minimum Gasteiger partial charge on any atom is -0.546 e. The molecule has 0 aromatic heterocycles. The molecule has 0 saturated heterocycles. The molecule has 0 unspecified atom stereocenters. The number of carboxylic acids is 1. The molecule has 2 aromatic rings. The minimum absolute atomic E-state index is 0.131. The zero-order valence-corrected chi connectivity index (χ0v) is 16.6. The summed E-state index contributed by atoms with van der Waals surface area (Å²) in [4.78, 5) is 23.2. The van der Waals surface area contributed by atoms with E-state index in [1.807, 2.05) is 6.07 Å². The van der Waals surface area contributed by atoms with E-state index in [2.05, 4.69) is 5.32 Å². The van der Waals surface area contributed by atoms with Crippen molar-refractivity contribution in [3.05, 3.63) is 59.1 Å². The molecule has 2 rings (SSSR count). The minimum atomic E-state index is -1.46. The summed E-state index contributed by atoms with van der Waals surface area (Å²) in [6.07, 6.45) is 0.663. The van der Waals surface area contributed by atoms with Crippen LogP contribution in [0.15, 0.2) is 48.5 Å². The van der Waals surface area contributed by atoms with Gasteiger partial charge in [-0.05, 0) is 56.2 Å². The van der Waals surface area contributed by atoms with Crippen LogP contribution in [0.3, 0.4) is 0 Å². The van der Waals surface area contributed by atoms with Gasteiger partial charge in [0.1, 0.15) is 23.7 Å². The number of hydrogen-bond donors (Lipinski definition) is 1. The third kappa shape index (κ3) is 6.78. The maximum atomic E-state index is 12.0. The summed E-state index contributed by atoms with van der Waals surface area (Å²) >= 11 is 5.81. The number of benzene rings is 2. The van der Waals surface area contributed by atoms with Gasteiger partial charge in [0.25, 0.3) is 0 Å². The first-order valence-corrected chi connectivity index (χ1v) is 9.29. The van der Waals surface area contributed by atoms with Gasteiger partial charge in [-0.3, -0.25) is 4.79 Å². The highest BCUT2D eigenvalue weighted by Gasteiger charge is 2.22. The summed E-state index contributed by atoms with van der Waals surface area (Å²) in [6.45, 7) is 3.56. The normalized spacial score (nSPS) is 11.0. The quantitative estimate of drug-likeness (QED) is 0.614. The van der Waals surface area contributed by atoms with Gasteiger partial charge in [-0.25, -0.2) is 0 Å². The Morgan fingerprint density at radius 3 is 2.46 bits per heavy atom. The van der Waals surface area contributed by atoms with Crippen LogP contribution in [-0.4, -0.2) is 30.6 Å². The predicted molar refractivity (Wildman–Crippen MR) is 104 cm³/mol. The summed E-state index contributed by atoms with van der Waals surface area (Å²) in [6, 6.07) is 14.0. The molecular weight excluding hydrogens is 382 g/mol. The van der Waals surface area contributed by atoms with Crippen LogP contribution in [0.25, 0.3) is 0 Å². The molecule has 1 N–H and O–H groups in total. The van der Waals surface area contributed by atoms with Crippen molar-refractivity contribution >= 4 is 23.5 Å². The Bertz CT molecular complexity index is 805. The first-order chi connectivity index (χ1) is 13.3. The van der Waals surface area contributed by atoms with Crippen LogP contribution >= 0.6 is 11.6 Å². The summed E-state index contributed by atoms with van der Waals surface area (Å²) in [5, 5.41) is 14.6. The van der Waals surface area contributed by atoms with E-state index in [1.54, 1.807) is 42.5 Å². The fourth-order valence-corrected chi connectivity index (χ4v) is 2.48. The molecule has 0 aliphatic carbocycles. The van der Waals surface area contributed by atoms with Crippen LogP contribution in [0.5, 0.6) is 11.5 Å². The van der Waals surface area contributed by atoms with E-state index in [-0.39, 0.29) is 12.3 Å². The molecular formula is C21H23ClNO5-. The second kappa shape index (κ2) is 9.99. The molecule has 0 bridgehead atoms. The zero-order valence-electron chi connectivity index (χ0n) is 15.9. The molecule has 0 fully saturated rings. The highest BCUT2D eigenvalue weighted by atomic mass is 35.5. The molecule has 6 nitrogen and oxygen atoms in total. The van der Waals surface area contributed by atoms with Gasteiger partial charge in [0.05, 0.1) is 12.5 Å². The molecule has 0 spiro atoms. The monoisotopic (exact) mass is 404 g/mol. The molecule has 1 amide bonds. The van der Waals surface area contributed by atoms with Gasteiger partial charge in [0.15, 0.2) is 0 Å². The number of nitrogens with one attached hydrogen (secondary N) is 1. The number of hydrogen-bond acceptors (Lipinski definition) is 5. The molecule has 28 heavy (non-hydrogen) atoms. The molecule has 0 radical (unpaired) electrons. The Morgan fingerprint density at radius 2 is 1.79 bits per heavy atom. The van der Waals surface area contributed by atoms with E-state index in [4.69, 9.17) is 21.1 Å². The maximum absolute atomic E-state index is 12.0. The largest absolute Gasteiger partial charge is 0.546 e. The van der Waals surface area contributed by atoms with Crippen molar-refractivity contribution in [2.24, 2.45) is 0 Å². The third-order valence-corrected chi connectivity index (χ3v) is 4.21. The first kappa shape index (κ1) is 21.6. The first-order valence-electron chi connectivity index (χ1n) is 8.91. The van der Waals surface area contributed by atoms with Crippen LogP contribution in [0.2, 0.25) is 5.02 Å². The maximum Gasteiger partial charge on any atom is 0.220 e. The number of aliphatic carboxylic acids is 1. The van der Waals surface area contributed by atoms with Crippen LogP contribution in [-0.2, 0) is 16.0 Å². The number of aryl methyl sites for hydroxylation is 1. The number of ether oxygens (including phenoxy) is 2. The number of amides is 1. The van der Waals surface area contributed by atoms with Crippen LogP contribution in [0, 0.1) is 0 Å². The Balaban J connectivity index is 1.78. The average molecular weight is 405 g/mol. The Kier molecular flexibility index (Phi) is 7.70. The van der Waals surface area contributed by atoms with Crippen molar-refractivity contribution in [3.63, 3.8) is 0 Å². The fourth-order valence-electron chi connectivity index (χ4n) is 2.35. The van der Waals surface area contributed by atoms with Gasteiger partial charge < -0.3 is 24.7 Å². The predicted octanol–water partition coefficient (Wildman–Crippen LogP) is 2.38. The number of para-hydroxylation sites is 1. The Hall–Kier alpha value is -2.73. The second-order valence-electron chi connectivity index (χ2n) is 6.66. The van der Waals surface area contributed by atoms with E-state index in [0.717, 1.165) is 5.56 Å². The van der Waals surface area contributed by atoms with Crippen LogP contribution < -0.4 is 19.9 Å². The number of halogens is 1. The number of carbonyl (C=O) groups is 2. The van der Waals surface area contributed by atoms with Gasteiger partial charge >= 0.3 is 0 Å². The van der Waals surface area contributed by atoms with E-state index < -0.39 is 11.6 Å². The molecule has 0 aliphatic heterocycles. The smallest absolute Gasteiger partial charge is 0.220 e. The van der Waals surface area contributed by atoms with Gasteiger partial charge in [0, 0.05) is 11.4 Å². The summed E-state index contributed by atoms with van der Waals surface area (Å²) < 4.78 is 11.1. The van der Waals surface area contributed by atoms with Crippen molar-refractivity contribution in [1.29, 1.82) is 0 Å². The van der Waals surface area contributed by atoms with Gasteiger partial charge in [0.2, 0.25) is 5.91 Å². The summed E-state index contributed by atoms with van der Waals surface area (Å²) in [5.74, 6) is -0.328. The van der Waals surface area contributed by atoms with Gasteiger partial charge in [-0.15, -0.1) is 0 Å². The SMILES string of the molecule is CC(C)(Oc1ccccc1CCC(=O)NCCOc1ccc(Cl)cc1)C(=O)[O-]. The molecule has 0 atom stereocenters. The number of carbonyl (C=O) groups excluding carboxylic acids is 2. The van der Waals surface area contributed by atoms with Gasteiger partial charge in [-0.1, -0.05) is 29.8 Å². The van der Waals surface area contributed by atoms with Crippen molar-refractivity contribution < 1.29 is 24.2 Å². The fraction of sp³-hybridized carbons (Fsp3) is 0.333. The third-order valence-electron chi connectivity index (χ3n) is 3.96. The average Bonchev–Trinajstić information content (AvgIpc) is 2.65. The lowest BCUT2D eigenvalue weighted by Gasteiger charge is -2.28. The van der Waals surface area contributed by atoms with Gasteiger partial charge in [-0.2, -0.15) is 0 Å². The number of carboxylic acid groups (broad SMARTS) is 1. The lowest BCUT2D eigenvalue weighted by molar-refractivity contribution is -0.320. The van der Waals surface area contributed by atoms with Crippen LogP contribution in [0.1, 0.15) is 25.8 Å². The second-order valence-corrected chi connectivity index (χ2v) is 7.10. The summed E-state index contributed by atoms with van der Waals surface area (Å²) in [5.41, 5.74) is -0.707. The molecule has 0 aliphatic rings. The lowest BCUT2D eigenvalue weighted by atomic mass is 10.1. The molecule has 0 heterocycles. The molecule has 2 aromatic carbocycles. The van der Waals surface area contributed by atoms with Crippen molar-refractivity contribution in [3.8, 4) is 11.5 Å². The molecule has 7 heteroatoms. The summed E-state index contributed by atoms with van der Waals surface area (Å²) in [7, 11) is 0. The Labute approximate surface area is 169 Å². The lowest BCUT2D eigenvalue weighted by Crippen LogP contribution is -2.48. The van der Waals surface area contributed by atoms with E-state index in [0.29, 0.717) is 36.1 Å². The van der Waals surface area contributed by atoms with E-state index >= 15 is 0 Å². The molecule has 0 saturated carbocycles. The highest BCUT2D eigenvalue weighted by molar-refractivity contribution is 6.30. The highest BCUT2D eigenvalue weighted by Crippen LogP contribution is 2.24. The van der Waals surface area contributed by atoms with Crippen LogP contribution in [0.4, 0.5) is 0 Å². The standard InChI is InChI=1S/C21H24ClNO5/c1-21(2,20(25)26)28-18-6-4-3-5-15(18)7-12-19(24)23-13-14-27-17-10-8-16(22)9-11-17/h3-6,8-11H,7,12-14H2,1-2H3,(H,23,24)(H,25,26)/p-1. The molecule has 150 valence electrons. The topological polar surface area (TPSA) is 87.7 Å². The van der Waals surface area contributed by atoms with Crippen molar-refractivity contribution in [1.82, 2.24) is 5.32 Å². The number of rotatable bonds is 10. The van der Waals surface area contributed by atoms with E-state index in [1.165, 1.54) is 13.8 Å². The van der Waals surface area contributed by atoms with Crippen molar-refractivity contribution in [2.45, 2.75) is 32.3 Å². The van der Waals surface area contributed by atoms with E-state index in [9.17, 15) is 14.7 Å². The van der Waals surface area contributed by atoms with Crippen molar-refractivity contribution in [2.75, 3.05) is 13.2 Å².